The van der Waals surface area contributed by atoms with Gasteiger partial charge in [-0.15, -0.1) is 0 Å². The average molecular weight is 230 g/mol. The molecular formula is C10H9Cl2NO. The summed E-state index contributed by atoms with van der Waals surface area (Å²) in [6.07, 6.45) is 1.36. The molecule has 0 spiro atoms. The van der Waals surface area contributed by atoms with Crippen molar-refractivity contribution in [3.63, 3.8) is 0 Å². The predicted octanol–water partition coefficient (Wildman–Crippen LogP) is 2.19. The summed E-state index contributed by atoms with van der Waals surface area (Å²) in [6, 6.07) is 3.64. The van der Waals surface area contributed by atoms with Gasteiger partial charge in [0.2, 0.25) is 5.91 Å². The predicted molar refractivity (Wildman–Crippen MR) is 56.6 cm³/mol. The second-order valence-electron chi connectivity index (χ2n) is 3.54. The Bertz CT molecular complexity index is 372. The fourth-order valence-electron chi connectivity index (χ4n) is 1.81. The quantitative estimate of drug-likeness (QED) is 0.789. The highest BCUT2D eigenvalue weighted by Gasteiger charge is 2.26. The molecule has 0 saturated carbocycles. The summed E-state index contributed by atoms with van der Waals surface area (Å²) in [4.78, 5) is 11.0. The van der Waals surface area contributed by atoms with E-state index in [-0.39, 0.29) is 11.8 Å². The van der Waals surface area contributed by atoms with Crippen LogP contribution in [0, 0.1) is 5.92 Å². The van der Waals surface area contributed by atoms with E-state index in [0.29, 0.717) is 22.9 Å². The van der Waals surface area contributed by atoms with Crippen LogP contribution in [-0.4, -0.2) is 5.91 Å². The first-order valence-corrected chi connectivity index (χ1v) is 5.09. The maximum atomic E-state index is 11.0. The van der Waals surface area contributed by atoms with E-state index >= 15 is 0 Å². The van der Waals surface area contributed by atoms with Gasteiger partial charge in [-0.2, -0.15) is 0 Å². The van der Waals surface area contributed by atoms with Crippen LogP contribution >= 0.6 is 23.2 Å². The minimum Gasteiger partial charge on any atom is -0.369 e. The highest BCUT2D eigenvalue weighted by Crippen LogP contribution is 2.33. The Kier molecular flexibility index (Phi) is 2.41. The lowest BCUT2D eigenvalue weighted by Crippen LogP contribution is -2.23. The van der Waals surface area contributed by atoms with Gasteiger partial charge in [-0.25, -0.2) is 0 Å². The van der Waals surface area contributed by atoms with E-state index in [1.807, 2.05) is 12.1 Å². The minimum absolute atomic E-state index is 0.0977. The van der Waals surface area contributed by atoms with Crippen molar-refractivity contribution in [2.75, 3.05) is 0 Å². The molecule has 0 aliphatic heterocycles. The first-order valence-electron chi connectivity index (χ1n) is 4.34. The topological polar surface area (TPSA) is 43.1 Å². The Morgan fingerprint density at radius 2 is 1.64 bits per heavy atom. The molecule has 0 saturated heterocycles. The summed E-state index contributed by atoms with van der Waals surface area (Å²) in [5.74, 6) is -0.354. The van der Waals surface area contributed by atoms with Gasteiger partial charge in [0.05, 0.1) is 10.0 Å². The zero-order chi connectivity index (χ0) is 10.3. The van der Waals surface area contributed by atoms with Gasteiger partial charge in [0.15, 0.2) is 0 Å². The third kappa shape index (κ3) is 1.60. The smallest absolute Gasteiger partial charge is 0.221 e. The van der Waals surface area contributed by atoms with Crippen LogP contribution < -0.4 is 5.73 Å². The van der Waals surface area contributed by atoms with E-state index in [1.165, 1.54) is 0 Å². The number of primary amides is 1. The summed E-state index contributed by atoms with van der Waals surface area (Å²) in [7, 11) is 0. The van der Waals surface area contributed by atoms with Gasteiger partial charge >= 0.3 is 0 Å². The van der Waals surface area contributed by atoms with Gasteiger partial charge in [-0.3, -0.25) is 4.79 Å². The van der Waals surface area contributed by atoms with Crippen molar-refractivity contribution >= 4 is 29.1 Å². The van der Waals surface area contributed by atoms with Gasteiger partial charge in [-0.05, 0) is 36.1 Å². The van der Waals surface area contributed by atoms with Crippen molar-refractivity contribution in [1.82, 2.24) is 0 Å². The van der Waals surface area contributed by atoms with Crippen LogP contribution in [0.4, 0.5) is 0 Å². The molecule has 1 aliphatic rings. The van der Waals surface area contributed by atoms with E-state index in [0.717, 1.165) is 11.1 Å². The van der Waals surface area contributed by atoms with Gasteiger partial charge in [0, 0.05) is 5.92 Å². The Morgan fingerprint density at radius 3 is 2.00 bits per heavy atom. The number of hydrogen-bond donors (Lipinski definition) is 1. The molecule has 14 heavy (non-hydrogen) atoms. The Hall–Kier alpha value is -0.730. The van der Waals surface area contributed by atoms with Crippen LogP contribution in [0.15, 0.2) is 12.1 Å². The largest absolute Gasteiger partial charge is 0.369 e. The number of fused-ring (bicyclic) bond motifs is 1. The number of carbonyl (C=O) groups excluding carboxylic acids is 1. The lowest BCUT2D eigenvalue weighted by atomic mass is 10.1. The van der Waals surface area contributed by atoms with Crippen molar-refractivity contribution in [3.8, 4) is 0 Å². The van der Waals surface area contributed by atoms with Crippen molar-refractivity contribution in [2.24, 2.45) is 11.7 Å². The number of rotatable bonds is 1. The molecule has 0 bridgehead atoms. The molecular weight excluding hydrogens is 221 g/mol. The number of nitrogens with two attached hydrogens (primary N) is 1. The summed E-state index contributed by atoms with van der Waals surface area (Å²) in [5.41, 5.74) is 7.42. The standard InChI is InChI=1S/C10H9Cl2NO/c11-8-3-5-1-7(10(13)14)2-6(5)4-9(8)12/h3-4,7H,1-2H2,(H2,13,14). The number of halogens is 2. The van der Waals surface area contributed by atoms with Crippen LogP contribution in [-0.2, 0) is 17.6 Å². The van der Waals surface area contributed by atoms with Gasteiger partial charge in [-0.1, -0.05) is 23.2 Å². The average Bonchev–Trinajstić information content (AvgIpc) is 2.48. The lowest BCUT2D eigenvalue weighted by Gasteiger charge is -2.00. The molecule has 0 heterocycles. The number of carbonyl (C=O) groups is 1. The van der Waals surface area contributed by atoms with Gasteiger partial charge in [0.25, 0.3) is 0 Å². The monoisotopic (exact) mass is 229 g/mol. The Balaban J connectivity index is 2.36. The molecule has 2 N–H and O–H groups in total. The van der Waals surface area contributed by atoms with E-state index in [1.54, 1.807) is 0 Å². The lowest BCUT2D eigenvalue weighted by molar-refractivity contribution is -0.121. The van der Waals surface area contributed by atoms with E-state index in [4.69, 9.17) is 28.9 Å². The van der Waals surface area contributed by atoms with Crippen molar-refractivity contribution < 1.29 is 4.79 Å². The number of benzene rings is 1. The molecule has 0 unspecified atom stereocenters. The first kappa shape index (κ1) is 9.81. The molecule has 1 amide bonds. The molecule has 4 heteroatoms. The normalized spacial score (nSPS) is 15.6. The third-order valence-electron chi connectivity index (χ3n) is 2.58. The van der Waals surface area contributed by atoms with Crippen LogP contribution in [0.5, 0.6) is 0 Å². The van der Waals surface area contributed by atoms with Gasteiger partial charge < -0.3 is 5.73 Å². The summed E-state index contributed by atoms with van der Waals surface area (Å²) < 4.78 is 0. The summed E-state index contributed by atoms with van der Waals surface area (Å²) in [6.45, 7) is 0. The molecule has 2 nitrogen and oxygen atoms in total. The van der Waals surface area contributed by atoms with E-state index in [2.05, 4.69) is 0 Å². The van der Waals surface area contributed by atoms with Crippen molar-refractivity contribution in [3.05, 3.63) is 33.3 Å². The minimum atomic E-state index is -0.256. The second kappa shape index (κ2) is 3.44. The summed E-state index contributed by atoms with van der Waals surface area (Å²) in [5, 5.41) is 1.08. The number of amides is 1. The SMILES string of the molecule is NC(=O)C1Cc2cc(Cl)c(Cl)cc2C1. The zero-order valence-electron chi connectivity index (χ0n) is 7.39. The van der Waals surface area contributed by atoms with Crippen LogP contribution in [0.25, 0.3) is 0 Å². The summed E-state index contributed by atoms with van der Waals surface area (Å²) >= 11 is 11.7. The van der Waals surface area contributed by atoms with Crippen LogP contribution in [0.3, 0.4) is 0 Å². The zero-order valence-corrected chi connectivity index (χ0v) is 8.90. The second-order valence-corrected chi connectivity index (χ2v) is 4.36. The molecule has 1 aromatic rings. The van der Waals surface area contributed by atoms with Crippen LogP contribution in [0.1, 0.15) is 11.1 Å². The molecule has 0 atom stereocenters. The molecule has 74 valence electrons. The fourth-order valence-corrected chi connectivity index (χ4v) is 2.19. The molecule has 0 aromatic heterocycles. The Labute approximate surface area is 92.0 Å². The van der Waals surface area contributed by atoms with Crippen LogP contribution in [0.2, 0.25) is 10.0 Å². The highest BCUT2D eigenvalue weighted by molar-refractivity contribution is 6.42. The van der Waals surface area contributed by atoms with Gasteiger partial charge in [0.1, 0.15) is 0 Å². The third-order valence-corrected chi connectivity index (χ3v) is 3.30. The first-order chi connectivity index (χ1) is 6.58. The molecule has 0 radical (unpaired) electrons. The maximum absolute atomic E-state index is 11.0. The van der Waals surface area contributed by atoms with E-state index < -0.39 is 0 Å². The van der Waals surface area contributed by atoms with Crippen molar-refractivity contribution in [2.45, 2.75) is 12.8 Å². The fraction of sp³-hybridized carbons (Fsp3) is 0.300. The Morgan fingerprint density at radius 1 is 1.21 bits per heavy atom. The molecule has 0 fully saturated rings. The molecule has 2 rings (SSSR count). The molecule has 1 aromatic carbocycles. The highest BCUT2D eigenvalue weighted by atomic mass is 35.5. The van der Waals surface area contributed by atoms with Crippen molar-refractivity contribution in [1.29, 1.82) is 0 Å². The number of hydrogen-bond acceptors (Lipinski definition) is 1. The maximum Gasteiger partial charge on any atom is 0.221 e. The van der Waals surface area contributed by atoms with E-state index in [9.17, 15) is 4.79 Å². The molecule has 1 aliphatic carbocycles.